The Balaban J connectivity index is 1.52. The van der Waals surface area contributed by atoms with Crippen LogP contribution in [-0.2, 0) is 9.31 Å². The predicted octanol–water partition coefficient (Wildman–Crippen LogP) is 6.54. The molecule has 7 heteroatoms. The van der Waals surface area contributed by atoms with Gasteiger partial charge in [0.25, 0.3) is 0 Å². The van der Waals surface area contributed by atoms with E-state index in [0.29, 0.717) is 0 Å². The van der Waals surface area contributed by atoms with Gasteiger partial charge in [-0.25, -0.2) is 9.97 Å². The minimum absolute atomic E-state index is 0.403. The van der Waals surface area contributed by atoms with E-state index in [1.165, 1.54) is 9.40 Å². The van der Waals surface area contributed by atoms with Crippen LogP contribution in [0.4, 0.5) is 0 Å². The average molecular weight is 470 g/mol. The van der Waals surface area contributed by atoms with E-state index in [-0.39, 0.29) is 0 Å². The summed E-state index contributed by atoms with van der Waals surface area (Å²) in [4.78, 5) is 9.81. The van der Waals surface area contributed by atoms with Gasteiger partial charge in [-0.15, -0.1) is 22.7 Å². The number of fused-ring (bicyclic) bond motifs is 2. The van der Waals surface area contributed by atoms with Crippen LogP contribution in [-0.4, -0.2) is 28.3 Å². The highest BCUT2D eigenvalue weighted by Crippen LogP contribution is 2.39. The summed E-state index contributed by atoms with van der Waals surface area (Å²) in [5.41, 5.74) is 4.31. The number of thiazole rings is 2. The van der Waals surface area contributed by atoms with Crippen LogP contribution in [0.2, 0.25) is 0 Å². The lowest BCUT2D eigenvalue weighted by molar-refractivity contribution is 0.00578. The van der Waals surface area contributed by atoms with E-state index in [1.54, 1.807) is 22.7 Å². The molecule has 0 aliphatic carbocycles. The zero-order chi connectivity index (χ0) is 22.8. The quantitative estimate of drug-likeness (QED) is 0.281. The molecule has 0 N–H and O–H groups in total. The van der Waals surface area contributed by atoms with E-state index in [9.17, 15) is 0 Å². The van der Waals surface area contributed by atoms with E-state index >= 15 is 0 Å². The molecule has 1 fully saturated rings. The number of aromatic nitrogens is 2. The SMILES string of the molecule is CC1(C)OB(c2cc(-c3nc4ccccc4s3)cc(-c3nc4ccccc4s3)c2)OC1(C)C. The summed E-state index contributed by atoms with van der Waals surface area (Å²) in [7, 11) is -0.447. The number of benzene rings is 3. The fourth-order valence-corrected chi connectivity index (χ4v) is 5.91. The number of hydrogen-bond acceptors (Lipinski definition) is 6. The van der Waals surface area contributed by atoms with Crippen molar-refractivity contribution in [3.8, 4) is 21.1 Å². The highest BCUT2D eigenvalue weighted by Gasteiger charge is 2.51. The van der Waals surface area contributed by atoms with E-state index < -0.39 is 18.3 Å². The molecule has 3 heterocycles. The van der Waals surface area contributed by atoms with Crippen LogP contribution in [0.3, 0.4) is 0 Å². The van der Waals surface area contributed by atoms with Gasteiger partial charge in [0, 0.05) is 11.1 Å². The zero-order valence-electron chi connectivity index (χ0n) is 19.0. The van der Waals surface area contributed by atoms with E-state index in [4.69, 9.17) is 19.3 Å². The van der Waals surface area contributed by atoms with Crippen molar-refractivity contribution >= 4 is 55.7 Å². The fourth-order valence-electron chi connectivity index (χ4n) is 4.01. The lowest BCUT2D eigenvalue weighted by Gasteiger charge is -2.32. The van der Waals surface area contributed by atoms with Crippen LogP contribution >= 0.6 is 22.7 Å². The molecule has 0 spiro atoms. The summed E-state index contributed by atoms with van der Waals surface area (Å²) < 4.78 is 15.1. The fraction of sp³-hybridized carbons (Fsp3) is 0.231. The molecule has 0 bridgehead atoms. The molecule has 0 radical (unpaired) electrons. The molecule has 0 amide bonds. The topological polar surface area (TPSA) is 44.2 Å². The molecule has 33 heavy (non-hydrogen) atoms. The van der Waals surface area contributed by atoms with Gasteiger partial charge in [-0.2, -0.15) is 0 Å². The Bertz CT molecular complexity index is 1330. The zero-order valence-corrected chi connectivity index (χ0v) is 20.6. The Morgan fingerprint density at radius 3 is 1.58 bits per heavy atom. The van der Waals surface area contributed by atoms with Crippen molar-refractivity contribution in [3.05, 3.63) is 66.7 Å². The molecule has 164 valence electrons. The van der Waals surface area contributed by atoms with E-state index in [2.05, 4.69) is 82.3 Å². The van der Waals surface area contributed by atoms with Crippen molar-refractivity contribution in [3.63, 3.8) is 0 Å². The molecule has 0 saturated carbocycles. The molecule has 1 saturated heterocycles. The third kappa shape index (κ3) is 3.60. The molecule has 0 atom stereocenters. The molecule has 2 aromatic heterocycles. The van der Waals surface area contributed by atoms with Crippen molar-refractivity contribution in [2.75, 3.05) is 0 Å². The van der Waals surface area contributed by atoms with Crippen LogP contribution in [0.15, 0.2) is 66.7 Å². The highest BCUT2D eigenvalue weighted by atomic mass is 32.1. The maximum Gasteiger partial charge on any atom is 0.494 e. The molecule has 0 unspecified atom stereocenters. The van der Waals surface area contributed by atoms with Gasteiger partial charge >= 0.3 is 7.12 Å². The molecule has 1 aliphatic heterocycles. The maximum atomic E-state index is 6.39. The van der Waals surface area contributed by atoms with Gasteiger partial charge in [-0.05, 0) is 63.5 Å². The maximum absolute atomic E-state index is 6.39. The normalized spacial score (nSPS) is 17.3. The molecule has 5 aromatic rings. The van der Waals surface area contributed by atoms with Crippen LogP contribution < -0.4 is 5.46 Å². The first-order valence-corrected chi connectivity index (χ1v) is 12.6. The third-order valence-corrected chi connectivity index (χ3v) is 8.73. The lowest BCUT2D eigenvalue weighted by atomic mass is 9.77. The Morgan fingerprint density at radius 2 is 1.12 bits per heavy atom. The van der Waals surface area contributed by atoms with Crippen LogP contribution in [0.25, 0.3) is 41.6 Å². The highest BCUT2D eigenvalue weighted by molar-refractivity contribution is 7.22. The largest absolute Gasteiger partial charge is 0.494 e. The molecule has 6 rings (SSSR count). The van der Waals surface area contributed by atoms with E-state index in [0.717, 1.165) is 37.6 Å². The Morgan fingerprint density at radius 1 is 0.667 bits per heavy atom. The Kier molecular flexibility index (Phi) is 4.75. The summed E-state index contributed by atoms with van der Waals surface area (Å²) in [6.07, 6.45) is 0. The van der Waals surface area contributed by atoms with Crippen LogP contribution in [0.5, 0.6) is 0 Å². The smallest absolute Gasteiger partial charge is 0.399 e. The van der Waals surface area contributed by atoms with Gasteiger partial charge in [0.1, 0.15) is 10.0 Å². The van der Waals surface area contributed by atoms with Crippen LogP contribution in [0.1, 0.15) is 27.7 Å². The number of para-hydroxylation sites is 2. The average Bonchev–Trinajstić information content (AvgIpc) is 3.47. The predicted molar refractivity (Wildman–Crippen MR) is 139 cm³/mol. The molecule has 4 nitrogen and oxygen atoms in total. The Labute approximate surface area is 201 Å². The third-order valence-electron chi connectivity index (χ3n) is 6.56. The van der Waals surface area contributed by atoms with Gasteiger partial charge in [0.2, 0.25) is 0 Å². The number of nitrogens with zero attached hydrogens (tertiary/aromatic N) is 2. The molecule has 1 aliphatic rings. The standard InChI is InChI=1S/C26H23BN2O2S2/c1-25(2)26(3,4)31-27(30-25)18-14-16(23-28-19-9-5-7-11-21(19)32-23)13-17(15-18)24-29-20-10-6-8-12-22(20)33-24/h5-15H,1-4H3. The number of hydrogen-bond donors (Lipinski definition) is 0. The van der Waals surface area contributed by atoms with E-state index in [1.807, 2.05) is 12.1 Å². The summed E-state index contributed by atoms with van der Waals surface area (Å²) in [6, 6.07) is 23.0. The van der Waals surface area contributed by atoms with Gasteiger partial charge in [0.05, 0.1) is 31.6 Å². The first-order chi connectivity index (χ1) is 15.8. The molecule has 3 aromatic carbocycles. The summed E-state index contributed by atoms with van der Waals surface area (Å²) >= 11 is 3.40. The molecular formula is C26H23BN2O2S2. The van der Waals surface area contributed by atoms with Crippen molar-refractivity contribution < 1.29 is 9.31 Å². The van der Waals surface area contributed by atoms with Crippen molar-refractivity contribution in [2.24, 2.45) is 0 Å². The Hall–Kier alpha value is -2.58. The van der Waals surface area contributed by atoms with Crippen LogP contribution in [0, 0.1) is 0 Å². The van der Waals surface area contributed by atoms with Gasteiger partial charge in [-0.3, -0.25) is 0 Å². The second-order valence-corrected chi connectivity index (χ2v) is 11.5. The first kappa shape index (κ1) is 21.0. The lowest BCUT2D eigenvalue weighted by Crippen LogP contribution is -2.41. The summed E-state index contributed by atoms with van der Waals surface area (Å²) in [5.74, 6) is 0. The van der Waals surface area contributed by atoms with Gasteiger partial charge in [0.15, 0.2) is 0 Å². The van der Waals surface area contributed by atoms with Crippen molar-refractivity contribution in [2.45, 2.75) is 38.9 Å². The second kappa shape index (κ2) is 7.47. The second-order valence-electron chi connectivity index (χ2n) is 9.41. The molecular weight excluding hydrogens is 447 g/mol. The first-order valence-electron chi connectivity index (χ1n) is 11.0. The van der Waals surface area contributed by atoms with Gasteiger partial charge < -0.3 is 9.31 Å². The van der Waals surface area contributed by atoms with Crippen molar-refractivity contribution in [1.29, 1.82) is 0 Å². The minimum Gasteiger partial charge on any atom is -0.399 e. The summed E-state index contributed by atoms with van der Waals surface area (Å²) in [6.45, 7) is 8.33. The number of rotatable bonds is 3. The van der Waals surface area contributed by atoms with Gasteiger partial charge in [-0.1, -0.05) is 36.4 Å². The monoisotopic (exact) mass is 470 g/mol. The summed E-state index contributed by atoms with van der Waals surface area (Å²) in [5, 5.41) is 1.97. The minimum atomic E-state index is -0.447. The van der Waals surface area contributed by atoms with Crippen molar-refractivity contribution in [1.82, 2.24) is 9.97 Å².